The lowest BCUT2D eigenvalue weighted by Gasteiger charge is -2.23. The fourth-order valence-corrected chi connectivity index (χ4v) is 2.63. The topological polar surface area (TPSA) is 33.7 Å². The van der Waals surface area contributed by atoms with E-state index in [4.69, 9.17) is 21.7 Å². The molecule has 0 spiro atoms. The first-order valence-corrected chi connectivity index (χ1v) is 8.16. The van der Waals surface area contributed by atoms with Crippen molar-refractivity contribution < 1.29 is 9.47 Å². The van der Waals surface area contributed by atoms with Crippen molar-refractivity contribution in [1.29, 1.82) is 0 Å². The number of nitrogens with one attached hydrogen (secondary N) is 1. The third kappa shape index (κ3) is 4.17. The summed E-state index contributed by atoms with van der Waals surface area (Å²) >= 11 is 5.52. The number of ether oxygens (including phenoxy) is 2. The van der Waals surface area contributed by atoms with E-state index in [9.17, 15) is 0 Å². The quantitative estimate of drug-likeness (QED) is 0.824. The van der Waals surface area contributed by atoms with Gasteiger partial charge in [-0.1, -0.05) is 18.2 Å². The minimum Gasteiger partial charge on any atom is -0.493 e. The Balaban J connectivity index is 2.10. The molecule has 2 rings (SSSR count). The van der Waals surface area contributed by atoms with E-state index in [2.05, 4.69) is 31.3 Å². The van der Waals surface area contributed by atoms with Gasteiger partial charge < -0.3 is 19.7 Å². The van der Waals surface area contributed by atoms with Gasteiger partial charge in [-0.05, 0) is 55.4 Å². The first-order chi connectivity index (χ1) is 11.5. The zero-order valence-electron chi connectivity index (χ0n) is 14.8. The van der Waals surface area contributed by atoms with Crippen LogP contribution in [-0.4, -0.2) is 31.3 Å². The normalized spacial score (nSPS) is 10.2. The number of hydrogen-bond acceptors (Lipinski definition) is 3. The Labute approximate surface area is 149 Å². The van der Waals surface area contributed by atoms with Gasteiger partial charge in [0.25, 0.3) is 0 Å². The van der Waals surface area contributed by atoms with Crippen LogP contribution in [0.3, 0.4) is 0 Å². The summed E-state index contributed by atoms with van der Waals surface area (Å²) in [5.41, 5.74) is 4.51. The van der Waals surface area contributed by atoms with Crippen LogP contribution in [0.5, 0.6) is 11.5 Å². The van der Waals surface area contributed by atoms with Crippen molar-refractivity contribution in [1.82, 2.24) is 4.90 Å². The highest BCUT2D eigenvalue weighted by molar-refractivity contribution is 7.80. The number of hydrogen-bond donors (Lipinski definition) is 1. The molecule has 0 atom stereocenters. The van der Waals surface area contributed by atoms with Gasteiger partial charge in [0, 0.05) is 24.8 Å². The molecule has 0 aliphatic rings. The number of benzene rings is 2. The van der Waals surface area contributed by atoms with E-state index in [1.807, 2.05) is 36.2 Å². The Kier molecular flexibility index (Phi) is 6.04. The molecule has 0 radical (unpaired) electrons. The lowest BCUT2D eigenvalue weighted by molar-refractivity contribution is 0.347. The summed E-state index contributed by atoms with van der Waals surface area (Å²) in [5.74, 6) is 1.46. The highest BCUT2D eigenvalue weighted by Gasteiger charge is 2.13. The highest BCUT2D eigenvalue weighted by atomic mass is 32.1. The molecular weight excluding hydrogens is 320 g/mol. The van der Waals surface area contributed by atoms with Crippen molar-refractivity contribution in [2.45, 2.75) is 20.4 Å². The molecular formula is C19H24N2O2S. The van der Waals surface area contributed by atoms with Gasteiger partial charge in [-0.2, -0.15) is 0 Å². The number of nitrogens with zero attached hydrogens (tertiary/aromatic N) is 1. The van der Waals surface area contributed by atoms with E-state index in [0.717, 1.165) is 22.7 Å². The predicted molar refractivity (Wildman–Crippen MR) is 103 cm³/mol. The molecule has 0 saturated heterocycles. The van der Waals surface area contributed by atoms with Crippen molar-refractivity contribution in [3.63, 3.8) is 0 Å². The fourth-order valence-electron chi connectivity index (χ4n) is 2.44. The van der Waals surface area contributed by atoms with Crippen molar-refractivity contribution in [2.24, 2.45) is 0 Å². The maximum atomic E-state index is 5.52. The summed E-state index contributed by atoms with van der Waals surface area (Å²) in [4.78, 5) is 1.97. The van der Waals surface area contributed by atoms with Crippen molar-refractivity contribution >= 4 is 23.0 Å². The Morgan fingerprint density at radius 2 is 1.83 bits per heavy atom. The Bertz CT molecular complexity index is 731. The molecule has 128 valence electrons. The third-order valence-electron chi connectivity index (χ3n) is 4.00. The molecule has 0 aliphatic carbocycles. The number of aryl methyl sites for hydroxylation is 2. The lowest BCUT2D eigenvalue weighted by atomic mass is 10.1. The zero-order valence-corrected chi connectivity index (χ0v) is 15.7. The van der Waals surface area contributed by atoms with Gasteiger partial charge >= 0.3 is 0 Å². The summed E-state index contributed by atoms with van der Waals surface area (Å²) in [7, 11) is 5.24. The van der Waals surface area contributed by atoms with Crippen molar-refractivity contribution in [3.05, 3.63) is 53.1 Å². The van der Waals surface area contributed by atoms with Gasteiger partial charge in [0.15, 0.2) is 16.6 Å². The molecule has 0 heterocycles. The first-order valence-electron chi connectivity index (χ1n) is 7.75. The maximum Gasteiger partial charge on any atom is 0.173 e. The molecule has 2 aromatic carbocycles. The number of thiocarbonyl (C=S) groups is 1. The molecule has 4 nitrogen and oxygen atoms in total. The fraction of sp³-hybridized carbons (Fsp3) is 0.316. The average Bonchev–Trinajstić information content (AvgIpc) is 2.57. The minimum absolute atomic E-state index is 0.622. The van der Waals surface area contributed by atoms with Gasteiger partial charge in [0.05, 0.1) is 14.2 Å². The van der Waals surface area contributed by atoms with Crippen LogP contribution in [0.25, 0.3) is 0 Å². The van der Waals surface area contributed by atoms with Crippen LogP contribution in [0.4, 0.5) is 5.69 Å². The van der Waals surface area contributed by atoms with E-state index in [1.165, 1.54) is 11.1 Å². The molecule has 0 bridgehead atoms. The lowest BCUT2D eigenvalue weighted by Crippen LogP contribution is -2.30. The number of para-hydroxylation sites is 1. The monoisotopic (exact) mass is 344 g/mol. The number of rotatable bonds is 5. The third-order valence-corrected chi connectivity index (χ3v) is 4.41. The molecule has 0 fully saturated rings. The van der Waals surface area contributed by atoms with Gasteiger partial charge in [-0.15, -0.1) is 0 Å². The smallest absolute Gasteiger partial charge is 0.173 e. The summed E-state index contributed by atoms with van der Waals surface area (Å²) < 4.78 is 10.8. The molecule has 0 aliphatic heterocycles. The summed E-state index contributed by atoms with van der Waals surface area (Å²) in [5, 5.41) is 3.94. The van der Waals surface area contributed by atoms with Crippen LogP contribution in [0.15, 0.2) is 36.4 Å². The number of methoxy groups -OCH3 is 2. The molecule has 5 heteroatoms. The first kappa shape index (κ1) is 18.1. The van der Waals surface area contributed by atoms with Gasteiger partial charge in [-0.25, -0.2) is 0 Å². The van der Waals surface area contributed by atoms with Crippen LogP contribution in [0, 0.1) is 13.8 Å². The molecule has 0 saturated carbocycles. The Morgan fingerprint density at radius 1 is 1.08 bits per heavy atom. The average molecular weight is 344 g/mol. The van der Waals surface area contributed by atoms with Crippen LogP contribution < -0.4 is 14.8 Å². The highest BCUT2D eigenvalue weighted by Crippen LogP contribution is 2.31. The zero-order chi connectivity index (χ0) is 17.7. The van der Waals surface area contributed by atoms with Gasteiger partial charge in [0.2, 0.25) is 0 Å². The predicted octanol–water partition coefficient (Wildman–Crippen LogP) is 4.15. The van der Waals surface area contributed by atoms with E-state index < -0.39 is 0 Å². The van der Waals surface area contributed by atoms with Crippen molar-refractivity contribution in [2.75, 3.05) is 26.6 Å². The van der Waals surface area contributed by atoms with Gasteiger partial charge in [-0.3, -0.25) is 0 Å². The molecule has 2 aromatic rings. The van der Waals surface area contributed by atoms with E-state index in [0.29, 0.717) is 11.7 Å². The molecule has 0 aromatic heterocycles. The molecule has 0 amide bonds. The van der Waals surface area contributed by atoms with Crippen molar-refractivity contribution in [3.8, 4) is 11.5 Å². The summed E-state index contributed by atoms with van der Waals surface area (Å²) in [6.45, 7) is 4.81. The Hall–Kier alpha value is -2.27. The molecule has 1 N–H and O–H groups in total. The minimum atomic E-state index is 0.622. The van der Waals surface area contributed by atoms with E-state index in [-0.39, 0.29) is 0 Å². The number of anilines is 1. The molecule has 24 heavy (non-hydrogen) atoms. The standard InChI is InChI=1S/C19H24N2O2S/c1-13-9-10-16(11-14(13)2)20-19(24)21(3)12-15-7-6-8-17(22-4)18(15)23-5/h6-11H,12H2,1-5H3,(H,20,24). The largest absolute Gasteiger partial charge is 0.493 e. The Morgan fingerprint density at radius 3 is 2.46 bits per heavy atom. The second-order valence-electron chi connectivity index (χ2n) is 5.74. The second-order valence-corrected chi connectivity index (χ2v) is 6.12. The van der Waals surface area contributed by atoms with Crippen LogP contribution in [0.2, 0.25) is 0 Å². The summed E-state index contributed by atoms with van der Waals surface area (Å²) in [6.07, 6.45) is 0. The summed E-state index contributed by atoms with van der Waals surface area (Å²) in [6, 6.07) is 12.1. The van der Waals surface area contributed by atoms with Crippen LogP contribution in [0.1, 0.15) is 16.7 Å². The second kappa shape index (κ2) is 8.02. The SMILES string of the molecule is COc1cccc(CN(C)C(=S)Nc2ccc(C)c(C)c2)c1OC. The van der Waals surface area contributed by atoms with E-state index in [1.54, 1.807) is 14.2 Å². The van der Waals surface area contributed by atoms with E-state index >= 15 is 0 Å². The molecule has 0 unspecified atom stereocenters. The van der Waals surface area contributed by atoms with Crippen LogP contribution >= 0.6 is 12.2 Å². The van der Waals surface area contributed by atoms with Gasteiger partial charge in [0.1, 0.15) is 0 Å². The van der Waals surface area contributed by atoms with Crippen LogP contribution in [-0.2, 0) is 6.54 Å². The maximum absolute atomic E-state index is 5.52.